The highest BCUT2D eigenvalue weighted by atomic mass is 79.9. The highest BCUT2D eigenvalue weighted by Crippen LogP contribution is 2.23. The lowest BCUT2D eigenvalue weighted by Gasteiger charge is -2.09. The molecule has 0 unspecified atom stereocenters. The summed E-state index contributed by atoms with van der Waals surface area (Å²) in [6, 6.07) is 5.41. The number of ketones is 1. The number of carbonyl (C=O) groups is 1. The van der Waals surface area contributed by atoms with E-state index < -0.39 is 0 Å². The maximum Gasteiger partial charge on any atom is 0.163 e. The smallest absolute Gasteiger partial charge is 0.163 e. The normalized spacial score (nSPS) is 10.2. The molecule has 0 aliphatic rings. The number of carbonyl (C=O) groups excluding carboxylic acids is 1. The first-order valence-corrected chi connectivity index (χ1v) is 6.79. The molecule has 1 rings (SSSR count). The molecular weight excluding hydrogens is 291 g/mol. The van der Waals surface area contributed by atoms with Crippen molar-refractivity contribution in [2.24, 2.45) is 0 Å². The maximum absolute atomic E-state index is 11.7. The van der Waals surface area contributed by atoms with Gasteiger partial charge in [0, 0.05) is 22.9 Å². The lowest BCUT2D eigenvalue weighted by Crippen LogP contribution is -2.02. The Morgan fingerprint density at radius 2 is 2.25 bits per heavy atom. The second-order valence-corrected chi connectivity index (χ2v) is 4.31. The van der Waals surface area contributed by atoms with Gasteiger partial charge in [-0.3, -0.25) is 4.79 Å². The van der Waals surface area contributed by atoms with Crippen LogP contribution in [0.4, 0.5) is 0 Å². The monoisotopic (exact) mass is 304 g/mol. The maximum atomic E-state index is 11.7. The number of Topliss-reactive ketones (excluding diaryl/α,β-unsaturated/α-hetero) is 1. The van der Waals surface area contributed by atoms with Crippen molar-refractivity contribution in [2.75, 3.05) is 11.9 Å². The third-order valence-electron chi connectivity index (χ3n) is 2.15. The molecule has 0 amide bonds. The van der Waals surface area contributed by atoms with Gasteiger partial charge in [0.05, 0.1) is 12.5 Å². The Hall–Kier alpha value is -0.540. The standard InChI is InChI=1S/C12H14BrClO2/c1-2-16-12-7-9(11(15)5-6-13)3-4-10(12)8-14/h3-4,7H,2,5-6,8H2,1H3. The van der Waals surface area contributed by atoms with Crippen molar-refractivity contribution in [1.29, 1.82) is 0 Å². The van der Waals surface area contributed by atoms with E-state index >= 15 is 0 Å². The number of ether oxygens (including phenoxy) is 1. The Morgan fingerprint density at radius 1 is 1.50 bits per heavy atom. The molecule has 16 heavy (non-hydrogen) atoms. The minimum absolute atomic E-state index is 0.110. The number of alkyl halides is 2. The molecule has 0 N–H and O–H groups in total. The Kier molecular flexibility index (Phi) is 5.85. The van der Waals surface area contributed by atoms with E-state index in [2.05, 4.69) is 15.9 Å². The predicted molar refractivity (Wildman–Crippen MR) is 69.9 cm³/mol. The van der Waals surface area contributed by atoms with Gasteiger partial charge in [0.2, 0.25) is 0 Å². The van der Waals surface area contributed by atoms with Crippen LogP contribution in [0.2, 0.25) is 0 Å². The Balaban J connectivity index is 2.96. The van der Waals surface area contributed by atoms with Crippen molar-refractivity contribution in [3.8, 4) is 5.75 Å². The van der Waals surface area contributed by atoms with E-state index in [0.717, 1.165) is 5.56 Å². The highest BCUT2D eigenvalue weighted by molar-refractivity contribution is 9.09. The highest BCUT2D eigenvalue weighted by Gasteiger charge is 2.09. The van der Waals surface area contributed by atoms with E-state index in [1.165, 1.54) is 0 Å². The van der Waals surface area contributed by atoms with Gasteiger partial charge >= 0.3 is 0 Å². The van der Waals surface area contributed by atoms with Gasteiger partial charge in [-0.1, -0.05) is 28.1 Å². The van der Waals surface area contributed by atoms with Crippen LogP contribution in [0.3, 0.4) is 0 Å². The van der Waals surface area contributed by atoms with Crippen LogP contribution >= 0.6 is 27.5 Å². The number of hydrogen-bond acceptors (Lipinski definition) is 2. The zero-order valence-electron chi connectivity index (χ0n) is 9.13. The topological polar surface area (TPSA) is 26.3 Å². The molecule has 0 aliphatic heterocycles. The van der Waals surface area contributed by atoms with Gasteiger partial charge in [0.1, 0.15) is 5.75 Å². The van der Waals surface area contributed by atoms with Crippen molar-refractivity contribution >= 4 is 33.3 Å². The van der Waals surface area contributed by atoms with Crippen LogP contribution in [0.5, 0.6) is 5.75 Å². The number of benzene rings is 1. The SMILES string of the molecule is CCOc1cc(C(=O)CCBr)ccc1CCl. The van der Waals surface area contributed by atoms with Crippen LogP contribution in [-0.4, -0.2) is 17.7 Å². The van der Waals surface area contributed by atoms with Crippen LogP contribution in [0.25, 0.3) is 0 Å². The van der Waals surface area contributed by atoms with Crippen molar-refractivity contribution < 1.29 is 9.53 Å². The molecule has 4 heteroatoms. The summed E-state index contributed by atoms with van der Waals surface area (Å²) in [5.41, 5.74) is 1.59. The molecular formula is C12H14BrClO2. The molecule has 1 aromatic rings. The van der Waals surface area contributed by atoms with Crippen LogP contribution in [-0.2, 0) is 5.88 Å². The summed E-state index contributed by atoms with van der Waals surface area (Å²) in [5.74, 6) is 1.21. The quantitative estimate of drug-likeness (QED) is 0.590. The first-order chi connectivity index (χ1) is 7.72. The third-order valence-corrected chi connectivity index (χ3v) is 2.84. The van der Waals surface area contributed by atoms with E-state index in [4.69, 9.17) is 16.3 Å². The molecule has 0 saturated heterocycles. The van der Waals surface area contributed by atoms with E-state index in [1.807, 2.05) is 13.0 Å². The van der Waals surface area contributed by atoms with Crippen molar-refractivity contribution in [1.82, 2.24) is 0 Å². The van der Waals surface area contributed by atoms with Gasteiger partial charge in [0.15, 0.2) is 5.78 Å². The molecule has 2 nitrogen and oxygen atoms in total. The van der Waals surface area contributed by atoms with Gasteiger partial charge in [-0.2, -0.15) is 0 Å². The van der Waals surface area contributed by atoms with Gasteiger partial charge in [-0.15, -0.1) is 11.6 Å². The molecule has 0 atom stereocenters. The molecule has 0 aromatic heterocycles. The zero-order valence-corrected chi connectivity index (χ0v) is 11.5. The third kappa shape index (κ3) is 3.49. The molecule has 0 saturated carbocycles. The molecule has 0 aliphatic carbocycles. The molecule has 0 radical (unpaired) electrons. The molecule has 0 heterocycles. The molecule has 88 valence electrons. The van der Waals surface area contributed by atoms with E-state index in [-0.39, 0.29) is 5.78 Å². The lowest BCUT2D eigenvalue weighted by molar-refractivity contribution is 0.0989. The molecule has 1 aromatic carbocycles. The summed E-state index contributed by atoms with van der Waals surface area (Å²) in [6.45, 7) is 2.48. The fraction of sp³-hybridized carbons (Fsp3) is 0.417. The summed E-state index contributed by atoms with van der Waals surface area (Å²) in [6.07, 6.45) is 0.492. The van der Waals surface area contributed by atoms with Crippen LogP contribution in [0.1, 0.15) is 29.3 Å². The summed E-state index contributed by atoms with van der Waals surface area (Å²) in [4.78, 5) is 11.7. The molecule has 0 fully saturated rings. The van der Waals surface area contributed by atoms with Gasteiger partial charge in [-0.25, -0.2) is 0 Å². The second-order valence-electron chi connectivity index (χ2n) is 3.25. The summed E-state index contributed by atoms with van der Waals surface area (Å²) >= 11 is 9.04. The second kappa shape index (κ2) is 6.92. The van der Waals surface area contributed by atoms with Crippen LogP contribution in [0.15, 0.2) is 18.2 Å². The van der Waals surface area contributed by atoms with Crippen molar-refractivity contribution in [3.05, 3.63) is 29.3 Å². The van der Waals surface area contributed by atoms with Crippen molar-refractivity contribution in [2.45, 2.75) is 19.2 Å². The van der Waals surface area contributed by atoms with Crippen LogP contribution in [0, 0.1) is 0 Å². The Morgan fingerprint density at radius 3 is 2.81 bits per heavy atom. The number of hydrogen-bond donors (Lipinski definition) is 0. The zero-order chi connectivity index (χ0) is 12.0. The summed E-state index contributed by atoms with van der Waals surface area (Å²) in [5, 5.41) is 0.674. The Bertz CT molecular complexity index is 366. The predicted octanol–water partition coefficient (Wildman–Crippen LogP) is 3.79. The average Bonchev–Trinajstić information content (AvgIpc) is 2.29. The van der Waals surface area contributed by atoms with Crippen LogP contribution < -0.4 is 4.74 Å². The van der Waals surface area contributed by atoms with Gasteiger partial charge < -0.3 is 4.74 Å². The average molecular weight is 306 g/mol. The molecule has 0 spiro atoms. The van der Waals surface area contributed by atoms with E-state index in [1.54, 1.807) is 12.1 Å². The largest absolute Gasteiger partial charge is 0.494 e. The van der Waals surface area contributed by atoms with Gasteiger partial charge in [-0.05, 0) is 13.0 Å². The van der Waals surface area contributed by atoms with E-state index in [9.17, 15) is 4.79 Å². The minimum Gasteiger partial charge on any atom is -0.494 e. The molecule has 0 bridgehead atoms. The van der Waals surface area contributed by atoms with Crippen molar-refractivity contribution in [3.63, 3.8) is 0 Å². The first kappa shape index (κ1) is 13.5. The number of halogens is 2. The first-order valence-electron chi connectivity index (χ1n) is 5.13. The lowest BCUT2D eigenvalue weighted by atomic mass is 10.1. The fourth-order valence-electron chi connectivity index (χ4n) is 1.36. The summed E-state index contributed by atoms with van der Waals surface area (Å²) in [7, 11) is 0. The minimum atomic E-state index is 0.110. The summed E-state index contributed by atoms with van der Waals surface area (Å²) < 4.78 is 5.45. The fourth-order valence-corrected chi connectivity index (χ4v) is 1.94. The van der Waals surface area contributed by atoms with Gasteiger partial charge in [0.25, 0.3) is 0 Å². The Labute approximate surface area is 109 Å². The van der Waals surface area contributed by atoms with E-state index in [0.29, 0.717) is 35.6 Å². The number of rotatable bonds is 6.